The molecule has 3 nitrogen and oxygen atoms in total. The second kappa shape index (κ2) is 3.46. The molecule has 1 N–H and O–H groups in total. The number of pyridine rings is 1. The molecule has 3 heteroatoms. The largest absolute Gasteiger partial charge is 0.364 e. The normalized spacial score (nSPS) is 16.5. The van der Waals surface area contributed by atoms with Crippen molar-refractivity contribution < 1.29 is 0 Å². The molecule has 1 aliphatic carbocycles. The third-order valence-electron chi connectivity index (χ3n) is 3.26. The van der Waals surface area contributed by atoms with E-state index < -0.39 is 0 Å². The van der Waals surface area contributed by atoms with Crippen molar-refractivity contribution in [2.75, 3.05) is 5.32 Å². The minimum Gasteiger partial charge on any atom is -0.364 e. The highest BCUT2D eigenvalue weighted by Gasteiger charge is 2.37. The van der Waals surface area contributed by atoms with Crippen LogP contribution >= 0.6 is 0 Å². The number of hydrogen-bond acceptors (Lipinski definition) is 3. The lowest BCUT2D eigenvalue weighted by Gasteiger charge is -2.14. The predicted molar refractivity (Wildman–Crippen MR) is 67.7 cm³/mol. The van der Waals surface area contributed by atoms with Crippen LogP contribution in [0.1, 0.15) is 25.3 Å². The molecule has 0 spiro atoms. The first-order chi connectivity index (χ1) is 8.20. The van der Waals surface area contributed by atoms with Crippen molar-refractivity contribution in [1.29, 1.82) is 5.26 Å². The Morgan fingerprint density at radius 2 is 2.12 bits per heavy atom. The van der Waals surface area contributed by atoms with E-state index in [1.165, 1.54) is 0 Å². The van der Waals surface area contributed by atoms with E-state index >= 15 is 0 Å². The molecule has 2 aromatic rings. The zero-order chi connectivity index (χ0) is 11.9. The minimum atomic E-state index is 0.140. The summed E-state index contributed by atoms with van der Waals surface area (Å²) in [5.41, 5.74) is 1.69. The number of anilines is 1. The lowest BCUT2D eigenvalue weighted by atomic mass is 10.1. The molecule has 84 valence electrons. The molecular weight excluding hydrogens is 210 g/mol. The Morgan fingerprint density at radius 3 is 2.82 bits per heavy atom. The van der Waals surface area contributed by atoms with E-state index in [1.54, 1.807) is 0 Å². The van der Waals surface area contributed by atoms with Crippen molar-refractivity contribution in [2.24, 2.45) is 0 Å². The molecule has 0 saturated heterocycles. The van der Waals surface area contributed by atoms with E-state index in [0.717, 1.165) is 23.7 Å². The lowest BCUT2D eigenvalue weighted by Crippen LogP contribution is -2.17. The highest BCUT2D eigenvalue weighted by molar-refractivity contribution is 5.83. The smallest absolute Gasteiger partial charge is 0.145 e. The number of benzene rings is 1. The van der Waals surface area contributed by atoms with E-state index in [4.69, 9.17) is 5.26 Å². The fraction of sp³-hybridized carbons (Fsp3) is 0.286. The fourth-order valence-corrected chi connectivity index (χ4v) is 1.89. The molecule has 0 unspecified atom stereocenters. The maximum absolute atomic E-state index is 9.17. The van der Waals surface area contributed by atoms with E-state index in [2.05, 4.69) is 23.3 Å². The van der Waals surface area contributed by atoms with Crippen molar-refractivity contribution in [3.8, 4) is 6.07 Å². The van der Waals surface area contributed by atoms with Gasteiger partial charge < -0.3 is 5.32 Å². The third-order valence-corrected chi connectivity index (χ3v) is 3.26. The van der Waals surface area contributed by atoms with Crippen molar-refractivity contribution >= 4 is 16.7 Å². The first kappa shape index (κ1) is 10.1. The maximum atomic E-state index is 9.17. The number of hydrogen-bond donors (Lipinski definition) is 1. The summed E-state index contributed by atoms with van der Waals surface area (Å²) in [4.78, 5) is 4.54. The number of fused-ring (bicyclic) bond motifs is 1. The summed E-state index contributed by atoms with van der Waals surface area (Å²) in [5.74, 6) is 0.714. The first-order valence-electron chi connectivity index (χ1n) is 5.78. The molecule has 0 atom stereocenters. The number of nitriles is 1. The highest BCUT2D eigenvalue weighted by Crippen LogP contribution is 2.38. The van der Waals surface area contributed by atoms with Gasteiger partial charge in [0.05, 0.1) is 11.1 Å². The van der Waals surface area contributed by atoms with Crippen LogP contribution in [0.4, 0.5) is 5.82 Å². The van der Waals surface area contributed by atoms with E-state index in [9.17, 15) is 0 Å². The zero-order valence-corrected chi connectivity index (χ0v) is 9.70. The Hall–Kier alpha value is -2.08. The van der Waals surface area contributed by atoms with Crippen LogP contribution < -0.4 is 5.32 Å². The van der Waals surface area contributed by atoms with Crippen molar-refractivity contribution in [2.45, 2.75) is 25.3 Å². The maximum Gasteiger partial charge on any atom is 0.145 e. The molecular formula is C14H13N3. The third kappa shape index (κ3) is 1.83. The van der Waals surface area contributed by atoms with Gasteiger partial charge in [-0.1, -0.05) is 18.2 Å². The van der Waals surface area contributed by atoms with Crippen LogP contribution in [0, 0.1) is 11.3 Å². The van der Waals surface area contributed by atoms with Crippen LogP contribution in [0.2, 0.25) is 0 Å². The monoisotopic (exact) mass is 223 g/mol. The molecule has 0 aliphatic heterocycles. The van der Waals surface area contributed by atoms with Gasteiger partial charge in [0.2, 0.25) is 0 Å². The SMILES string of the molecule is CC1(Nc2nc3ccccc3cc2C#N)CC1. The fourth-order valence-electron chi connectivity index (χ4n) is 1.89. The van der Waals surface area contributed by atoms with Gasteiger partial charge in [-0.2, -0.15) is 5.26 Å². The van der Waals surface area contributed by atoms with Crippen LogP contribution in [-0.4, -0.2) is 10.5 Å². The molecule has 1 aromatic heterocycles. The molecule has 1 heterocycles. The summed E-state index contributed by atoms with van der Waals surface area (Å²) in [6.45, 7) is 2.16. The van der Waals surface area contributed by atoms with Gasteiger partial charge in [-0.15, -0.1) is 0 Å². The van der Waals surface area contributed by atoms with Crippen LogP contribution in [-0.2, 0) is 0 Å². The van der Waals surface area contributed by atoms with Crippen molar-refractivity contribution in [1.82, 2.24) is 4.98 Å². The summed E-state index contributed by atoms with van der Waals surface area (Å²) in [7, 11) is 0. The van der Waals surface area contributed by atoms with E-state index in [-0.39, 0.29) is 5.54 Å². The second-order valence-corrected chi connectivity index (χ2v) is 4.87. The minimum absolute atomic E-state index is 0.140. The Kier molecular flexibility index (Phi) is 2.05. The van der Waals surface area contributed by atoms with E-state index in [1.807, 2.05) is 30.3 Å². The van der Waals surface area contributed by atoms with Gasteiger partial charge in [-0.3, -0.25) is 0 Å². The number of nitrogens with zero attached hydrogens (tertiary/aromatic N) is 2. The number of para-hydroxylation sites is 1. The van der Waals surface area contributed by atoms with Crippen LogP contribution in [0.5, 0.6) is 0 Å². The topological polar surface area (TPSA) is 48.7 Å². The number of aromatic nitrogens is 1. The summed E-state index contributed by atoms with van der Waals surface area (Å²) < 4.78 is 0. The van der Waals surface area contributed by atoms with Gasteiger partial charge in [0, 0.05) is 10.9 Å². The molecule has 1 saturated carbocycles. The molecule has 0 bridgehead atoms. The quantitative estimate of drug-likeness (QED) is 0.851. The Balaban J connectivity index is 2.12. The Bertz CT molecular complexity index is 621. The first-order valence-corrected chi connectivity index (χ1v) is 5.78. The second-order valence-electron chi connectivity index (χ2n) is 4.87. The lowest BCUT2D eigenvalue weighted by molar-refractivity contribution is 0.821. The van der Waals surface area contributed by atoms with Gasteiger partial charge in [0.15, 0.2) is 0 Å². The molecule has 1 fully saturated rings. The average molecular weight is 223 g/mol. The van der Waals surface area contributed by atoms with Crippen LogP contribution in [0.3, 0.4) is 0 Å². The van der Waals surface area contributed by atoms with Gasteiger partial charge in [0.25, 0.3) is 0 Å². The van der Waals surface area contributed by atoms with E-state index in [0.29, 0.717) is 11.4 Å². The standard InChI is InChI=1S/C14H13N3/c1-14(6-7-14)17-13-11(9-15)8-10-4-2-3-5-12(10)16-13/h2-5,8H,6-7H2,1H3,(H,16,17). The Labute approximate surface area is 100 Å². The summed E-state index contributed by atoms with van der Waals surface area (Å²) in [5, 5.41) is 13.5. The number of nitrogens with one attached hydrogen (secondary N) is 1. The molecule has 17 heavy (non-hydrogen) atoms. The summed E-state index contributed by atoms with van der Waals surface area (Å²) in [6, 6.07) is 12.0. The number of rotatable bonds is 2. The zero-order valence-electron chi connectivity index (χ0n) is 9.70. The molecule has 3 rings (SSSR count). The average Bonchev–Trinajstić information content (AvgIpc) is 3.06. The van der Waals surface area contributed by atoms with Gasteiger partial charge in [0.1, 0.15) is 11.9 Å². The van der Waals surface area contributed by atoms with Gasteiger partial charge in [-0.05, 0) is 31.9 Å². The summed E-state index contributed by atoms with van der Waals surface area (Å²) >= 11 is 0. The predicted octanol–water partition coefficient (Wildman–Crippen LogP) is 3.07. The Morgan fingerprint density at radius 1 is 1.35 bits per heavy atom. The molecule has 0 amide bonds. The van der Waals surface area contributed by atoms with Crippen molar-refractivity contribution in [3.63, 3.8) is 0 Å². The van der Waals surface area contributed by atoms with Gasteiger partial charge >= 0.3 is 0 Å². The molecule has 0 radical (unpaired) electrons. The highest BCUT2D eigenvalue weighted by atomic mass is 15.1. The molecule has 1 aliphatic rings. The molecule has 1 aromatic carbocycles. The van der Waals surface area contributed by atoms with Crippen LogP contribution in [0.25, 0.3) is 10.9 Å². The van der Waals surface area contributed by atoms with Crippen molar-refractivity contribution in [3.05, 3.63) is 35.9 Å². The van der Waals surface area contributed by atoms with Gasteiger partial charge in [-0.25, -0.2) is 4.98 Å². The van der Waals surface area contributed by atoms with Crippen LogP contribution in [0.15, 0.2) is 30.3 Å². The summed E-state index contributed by atoms with van der Waals surface area (Å²) in [6.07, 6.45) is 2.29.